The minimum absolute atomic E-state index is 0.0722. The third-order valence-electron chi connectivity index (χ3n) is 5.01. The third-order valence-corrected chi connectivity index (χ3v) is 6.80. The summed E-state index contributed by atoms with van der Waals surface area (Å²) in [6, 6.07) is 27.8. The SMILES string of the molecule is Cn1c(N=S(c2ccccc2)c2ccccc2)c(C(=O)c2ccccc2)c(=O)n(C)c1=O. The van der Waals surface area contributed by atoms with Crippen LogP contribution in [0, 0.1) is 0 Å². The fourth-order valence-electron chi connectivity index (χ4n) is 3.30. The van der Waals surface area contributed by atoms with Crippen molar-refractivity contribution in [2.24, 2.45) is 18.5 Å². The first-order valence-corrected chi connectivity index (χ1v) is 11.1. The van der Waals surface area contributed by atoms with Crippen LogP contribution < -0.4 is 11.2 Å². The molecule has 7 heteroatoms. The lowest BCUT2D eigenvalue weighted by molar-refractivity contribution is 0.103. The van der Waals surface area contributed by atoms with Gasteiger partial charge in [0.05, 0.1) is 0 Å². The van der Waals surface area contributed by atoms with Crippen molar-refractivity contribution in [1.82, 2.24) is 9.13 Å². The van der Waals surface area contributed by atoms with Gasteiger partial charge in [0.1, 0.15) is 5.56 Å². The van der Waals surface area contributed by atoms with E-state index in [1.54, 1.807) is 30.3 Å². The van der Waals surface area contributed by atoms with Crippen molar-refractivity contribution in [2.75, 3.05) is 0 Å². The minimum Gasteiger partial charge on any atom is -0.288 e. The van der Waals surface area contributed by atoms with E-state index in [1.165, 1.54) is 18.7 Å². The Morgan fingerprint density at radius 1 is 0.719 bits per heavy atom. The number of carbonyl (C=O) groups is 1. The summed E-state index contributed by atoms with van der Waals surface area (Å²) < 4.78 is 7.07. The van der Waals surface area contributed by atoms with E-state index < -0.39 is 27.7 Å². The van der Waals surface area contributed by atoms with Gasteiger partial charge in [0.2, 0.25) is 5.78 Å². The Bertz CT molecular complexity index is 1380. The van der Waals surface area contributed by atoms with Gasteiger partial charge in [-0.05, 0) is 35.0 Å². The van der Waals surface area contributed by atoms with Gasteiger partial charge in [0.25, 0.3) is 5.56 Å². The Balaban J connectivity index is 2.06. The molecule has 0 amide bonds. The van der Waals surface area contributed by atoms with Crippen LogP contribution in [-0.4, -0.2) is 14.9 Å². The number of hydrogen-bond acceptors (Lipinski definition) is 4. The molecule has 0 fully saturated rings. The summed E-state index contributed by atoms with van der Waals surface area (Å²) in [7, 11) is 2.04. The van der Waals surface area contributed by atoms with Crippen molar-refractivity contribution in [3.05, 3.63) is 123 Å². The lowest BCUT2D eigenvalue weighted by atomic mass is 10.1. The van der Waals surface area contributed by atoms with E-state index in [2.05, 4.69) is 0 Å². The number of ketones is 1. The molecule has 0 unspecified atom stereocenters. The predicted octanol–water partition coefficient (Wildman–Crippen LogP) is 3.87. The summed E-state index contributed by atoms with van der Waals surface area (Å²) in [6.07, 6.45) is 0. The number of benzene rings is 3. The Hall–Kier alpha value is -3.84. The van der Waals surface area contributed by atoms with Gasteiger partial charge in [0, 0.05) is 29.4 Å². The molecule has 0 aliphatic heterocycles. The molecule has 160 valence electrons. The van der Waals surface area contributed by atoms with E-state index in [1.807, 2.05) is 60.7 Å². The Morgan fingerprint density at radius 3 is 1.69 bits per heavy atom. The molecule has 0 aliphatic rings. The molecule has 4 aromatic rings. The van der Waals surface area contributed by atoms with Crippen molar-refractivity contribution < 1.29 is 4.79 Å². The molecule has 0 aliphatic carbocycles. The summed E-state index contributed by atoms with van der Waals surface area (Å²) in [5, 5.41) is 0. The van der Waals surface area contributed by atoms with Crippen molar-refractivity contribution >= 4 is 22.3 Å². The molecule has 1 aromatic heterocycles. The third kappa shape index (κ3) is 4.02. The van der Waals surface area contributed by atoms with Crippen LogP contribution in [0.3, 0.4) is 0 Å². The van der Waals surface area contributed by atoms with Crippen LogP contribution in [0.1, 0.15) is 15.9 Å². The van der Waals surface area contributed by atoms with Gasteiger partial charge >= 0.3 is 5.69 Å². The molecule has 0 atom stereocenters. The van der Waals surface area contributed by atoms with Crippen molar-refractivity contribution in [3.63, 3.8) is 0 Å². The largest absolute Gasteiger partial charge is 0.332 e. The maximum Gasteiger partial charge on any atom is 0.332 e. The molecule has 0 saturated heterocycles. The molecule has 4 rings (SSSR count). The maximum absolute atomic E-state index is 13.4. The smallest absolute Gasteiger partial charge is 0.288 e. The van der Waals surface area contributed by atoms with Crippen LogP contribution in [0.4, 0.5) is 5.82 Å². The van der Waals surface area contributed by atoms with Crippen molar-refractivity contribution in [2.45, 2.75) is 9.79 Å². The molecular formula is C25H21N3O3S. The van der Waals surface area contributed by atoms with E-state index in [0.717, 1.165) is 14.4 Å². The summed E-state index contributed by atoms with van der Waals surface area (Å²) in [5.41, 5.74) is -0.961. The predicted molar refractivity (Wildman–Crippen MR) is 126 cm³/mol. The summed E-state index contributed by atoms with van der Waals surface area (Å²) >= 11 is 0. The Kier molecular flexibility index (Phi) is 6.09. The molecule has 32 heavy (non-hydrogen) atoms. The van der Waals surface area contributed by atoms with Gasteiger partial charge in [-0.15, -0.1) is 0 Å². The van der Waals surface area contributed by atoms with Gasteiger partial charge in [-0.3, -0.25) is 18.7 Å². The molecule has 0 bridgehead atoms. The zero-order chi connectivity index (χ0) is 22.7. The summed E-state index contributed by atoms with van der Waals surface area (Å²) in [5.74, 6) is -0.395. The second-order valence-corrected chi connectivity index (χ2v) is 8.80. The zero-order valence-corrected chi connectivity index (χ0v) is 18.5. The number of nitrogens with zero attached hydrogens (tertiary/aromatic N) is 3. The highest BCUT2D eigenvalue weighted by atomic mass is 32.2. The van der Waals surface area contributed by atoms with Gasteiger partial charge in [-0.25, -0.2) is 4.79 Å². The van der Waals surface area contributed by atoms with Gasteiger partial charge in [-0.2, -0.15) is 4.36 Å². The number of aromatic nitrogens is 2. The first-order valence-electron chi connectivity index (χ1n) is 9.95. The quantitative estimate of drug-likeness (QED) is 0.440. The molecule has 0 radical (unpaired) electrons. The lowest BCUT2D eigenvalue weighted by Crippen LogP contribution is -2.40. The average molecular weight is 444 g/mol. The van der Waals surface area contributed by atoms with Gasteiger partial charge in [0.15, 0.2) is 5.82 Å². The molecule has 0 N–H and O–H groups in total. The van der Waals surface area contributed by atoms with Crippen LogP contribution in [0.25, 0.3) is 0 Å². The monoisotopic (exact) mass is 443 g/mol. The first-order chi connectivity index (χ1) is 15.5. The highest BCUT2D eigenvalue weighted by Crippen LogP contribution is 2.25. The van der Waals surface area contributed by atoms with Crippen LogP contribution >= 0.6 is 0 Å². The van der Waals surface area contributed by atoms with E-state index in [-0.39, 0.29) is 11.4 Å². The molecule has 3 aromatic carbocycles. The lowest BCUT2D eigenvalue weighted by Gasteiger charge is -2.14. The topological polar surface area (TPSA) is 73.4 Å². The standard InChI is InChI=1S/C25H21N3O3S/c1-27-23(26-32(19-14-8-4-9-15-19)20-16-10-5-11-17-20)21(24(30)28(2)25(27)31)22(29)18-12-6-3-7-13-18/h3-17H,1-2H3. The number of hydrogen-bond donors (Lipinski definition) is 0. The Morgan fingerprint density at radius 2 is 1.19 bits per heavy atom. The first kappa shape index (κ1) is 21.4. The summed E-state index contributed by atoms with van der Waals surface area (Å²) in [6.45, 7) is 0. The van der Waals surface area contributed by atoms with Crippen LogP contribution in [0.15, 0.2) is 115 Å². The molecule has 0 spiro atoms. The second-order valence-electron chi connectivity index (χ2n) is 7.10. The van der Waals surface area contributed by atoms with Crippen LogP contribution in [0.5, 0.6) is 0 Å². The minimum atomic E-state index is -0.854. The zero-order valence-electron chi connectivity index (χ0n) is 17.6. The highest BCUT2D eigenvalue weighted by Gasteiger charge is 2.24. The highest BCUT2D eigenvalue weighted by molar-refractivity contribution is 7.87. The molecule has 0 saturated carbocycles. The molecule has 6 nitrogen and oxygen atoms in total. The van der Waals surface area contributed by atoms with E-state index in [9.17, 15) is 14.4 Å². The van der Waals surface area contributed by atoms with E-state index >= 15 is 0 Å². The second kappa shape index (κ2) is 9.11. The normalized spacial score (nSPS) is 10.8. The Labute approximate surface area is 187 Å². The van der Waals surface area contributed by atoms with Crippen LogP contribution in [0.2, 0.25) is 0 Å². The average Bonchev–Trinajstić information content (AvgIpc) is 2.85. The van der Waals surface area contributed by atoms with Crippen LogP contribution in [-0.2, 0) is 24.8 Å². The van der Waals surface area contributed by atoms with Gasteiger partial charge in [-0.1, -0.05) is 66.7 Å². The number of rotatable bonds is 5. The van der Waals surface area contributed by atoms with Gasteiger partial charge < -0.3 is 0 Å². The molecular weight excluding hydrogens is 422 g/mol. The fraction of sp³-hybridized carbons (Fsp3) is 0.0800. The van der Waals surface area contributed by atoms with E-state index in [4.69, 9.17) is 4.36 Å². The fourth-order valence-corrected chi connectivity index (χ4v) is 5.00. The summed E-state index contributed by atoms with van der Waals surface area (Å²) in [4.78, 5) is 41.0. The maximum atomic E-state index is 13.4. The molecule has 1 heterocycles. The van der Waals surface area contributed by atoms with E-state index in [0.29, 0.717) is 5.56 Å². The number of carbonyl (C=O) groups excluding carboxylic acids is 1. The van der Waals surface area contributed by atoms with Crippen molar-refractivity contribution in [1.29, 1.82) is 0 Å². The van der Waals surface area contributed by atoms with Crippen molar-refractivity contribution in [3.8, 4) is 0 Å².